The number of guanidine groups is 1. The first-order valence-electron chi connectivity index (χ1n) is 6.32. The molecule has 21 heavy (non-hydrogen) atoms. The van der Waals surface area contributed by atoms with Gasteiger partial charge >= 0.3 is 6.18 Å². The molecule has 3 nitrogen and oxygen atoms in total. The first kappa shape index (κ1) is 16.9. The van der Waals surface area contributed by atoms with Gasteiger partial charge in [-0.1, -0.05) is 17.9 Å². The standard InChI is InChI=1S/C15H18F3N3/c1-14(2,3)21-13(19)20-9-5-7-11-6-4-8-12(10-11)15(16,17)18/h4,6,8,10H,9H2,1-3H3,(H3,19,20,21). The largest absolute Gasteiger partial charge is 0.416 e. The Hall–Kier alpha value is -2.16. The van der Waals surface area contributed by atoms with E-state index in [-0.39, 0.29) is 18.0 Å². The Balaban J connectivity index is 2.70. The Kier molecular flexibility index (Phi) is 5.25. The number of benzene rings is 1. The van der Waals surface area contributed by atoms with E-state index in [2.05, 4.69) is 22.2 Å². The first-order chi connectivity index (χ1) is 9.58. The molecule has 0 aromatic heterocycles. The third kappa shape index (κ3) is 6.70. The van der Waals surface area contributed by atoms with Crippen LogP contribution in [0.5, 0.6) is 0 Å². The third-order valence-electron chi connectivity index (χ3n) is 2.25. The second-order valence-electron chi connectivity index (χ2n) is 5.46. The van der Waals surface area contributed by atoms with Crippen LogP contribution in [0.25, 0.3) is 0 Å². The van der Waals surface area contributed by atoms with Crippen LogP contribution in [0.15, 0.2) is 29.3 Å². The van der Waals surface area contributed by atoms with Crippen molar-refractivity contribution < 1.29 is 13.2 Å². The Bertz CT molecular complexity index is 572. The van der Waals surface area contributed by atoms with Crippen LogP contribution in [0.3, 0.4) is 0 Å². The Morgan fingerprint density at radius 3 is 2.52 bits per heavy atom. The number of hydrogen-bond acceptors (Lipinski definition) is 1. The van der Waals surface area contributed by atoms with Crippen molar-refractivity contribution in [2.24, 2.45) is 10.7 Å². The van der Waals surface area contributed by atoms with Gasteiger partial charge in [0, 0.05) is 11.1 Å². The first-order valence-corrected chi connectivity index (χ1v) is 6.32. The molecule has 0 unspecified atom stereocenters. The van der Waals surface area contributed by atoms with Crippen molar-refractivity contribution in [3.8, 4) is 11.8 Å². The van der Waals surface area contributed by atoms with E-state index in [1.165, 1.54) is 12.1 Å². The van der Waals surface area contributed by atoms with Crippen molar-refractivity contribution in [1.29, 1.82) is 0 Å². The molecule has 0 amide bonds. The summed E-state index contributed by atoms with van der Waals surface area (Å²) in [5, 5.41) is 2.96. The zero-order valence-electron chi connectivity index (χ0n) is 12.2. The average molecular weight is 297 g/mol. The monoisotopic (exact) mass is 297 g/mol. The third-order valence-corrected chi connectivity index (χ3v) is 2.25. The van der Waals surface area contributed by atoms with Gasteiger partial charge in [-0.2, -0.15) is 13.2 Å². The van der Waals surface area contributed by atoms with E-state index in [9.17, 15) is 13.2 Å². The Morgan fingerprint density at radius 1 is 1.29 bits per heavy atom. The SMILES string of the molecule is CC(C)(C)NC(N)=NCC#Cc1cccc(C(F)(F)F)c1. The summed E-state index contributed by atoms with van der Waals surface area (Å²) in [6.45, 7) is 5.92. The van der Waals surface area contributed by atoms with E-state index in [4.69, 9.17) is 5.73 Å². The fourth-order valence-corrected chi connectivity index (χ4v) is 1.46. The molecule has 1 rings (SSSR count). The van der Waals surface area contributed by atoms with E-state index in [1.807, 2.05) is 20.8 Å². The average Bonchev–Trinajstić information content (AvgIpc) is 2.32. The van der Waals surface area contributed by atoms with Gasteiger partial charge in [-0.15, -0.1) is 0 Å². The summed E-state index contributed by atoms with van der Waals surface area (Å²) in [4.78, 5) is 3.98. The molecule has 0 spiro atoms. The minimum absolute atomic E-state index is 0.116. The van der Waals surface area contributed by atoms with Gasteiger partial charge in [-0.3, -0.25) is 0 Å². The predicted molar refractivity (Wildman–Crippen MR) is 77.7 cm³/mol. The molecule has 3 N–H and O–H groups in total. The summed E-state index contributed by atoms with van der Waals surface area (Å²) < 4.78 is 37.6. The van der Waals surface area contributed by atoms with Gasteiger partial charge in [0.1, 0.15) is 6.54 Å². The van der Waals surface area contributed by atoms with Crippen LogP contribution in [-0.4, -0.2) is 18.0 Å². The number of halogens is 3. The van der Waals surface area contributed by atoms with E-state index < -0.39 is 11.7 Å². The highest BCUT2D eigenvalue weighted by atomic mass is 19.4. The zero-order valence-corrected chi connectivity index (χ0v) is 12.2. The molecular formula is C15H18F3N3. The van der Waals surface area contributed by atoms with Crippen LogP contribution in [0.4, 0.5) is 13.2 Å². The van der Waals surface area contributed by atoms with Crippen molar-refractivity contribution in [3.05, 3.63) is 35.4 Å². The maximum atomic E-state index is 12.5. The van der Waals surface area contributed by atoms with Gasteiger partial charge < -0.3 is 11.1 Å². The fourth-order valence-electron chi connectivity index (χ4n) is 1.46. The fraction of sp³-hybridized carbons (Fsp3) is 0.400. The summed E-state index contributed by atoms with van der Waals surface area (Å²) >= 11 is 0. The van der Waals surface area contributed by atoms with Crippen molar-refractivity contribution in [2.75, 3.05) is 6.54 Å². The molecule has 0 atom stereocenters. The molecule has 1 aromatic rings. The lowest BCUT2D eigenvalue weighted by molar-refractivity contribution is -0.137. The molecule has 0 aliphatic rings. The molecule has 0 bridgehead atoms. The molecule has 0 fully saturated rings. The zero-order chi connectivity index (χ0) is 16.1. The molecule has 0 heterocycles. The highest BCUT2D eigenvalue weighted by molar-refractivity contribution is 5.78. The summed E-state index contributed by atoms with van der Waals surface area (Å²) in [7, 11) is 0. The lowest BCUT2D eigenvalue weighted by atomic mass is 10.1. The van der Waals surface area contributed by atoms with Crippen molar-refractivity contribution in [3.63, 3.8) is 0 Å². The molecule has 114 valence electrons. The van der Waals surface area contributed by atoms with E-state index in [0.717, 1.165) is 12.1 Å². The van der Waals surface area contributed by atoms with Gasteiger partial charge in [-0.25, -0.2) is 4.99 Å². The van der Waals surface area contributed by atoms with E-state index in [1.54, 1.807) is 0 Å². The number of nitrogens with one attached hydrogen (secondary N) is 1. The summed E-state index contributed by atoms with van der Waals surface area (Å²) in [5.41, 5.74) is 5.01. The topological polar surface area (TPSA) is 50.4 Å². The predicted octanol–water partition coefficient (Wildman–Crippen LogP) is 2.76. The lowest BCUT2D eigenvalue weighted by Gasteiger charge is -2.20. The Morgan fingerprint density at radius 2 is 1.95 bits per heavy atom. The number of nitrogens with zero attached hydrogens (tertiary/aromatic N) is 1. The van der Waals surface area contributed by atoms with Crippen LogP contribution in [0.1, 0.15) is 31.9 Å². The maximum absolute atomic E-state index is 12.5. The van der Waals surface area contributed by atoms with Gasteiger partial charge in [-0.05, 0) is 39.0 Å². The van der Waals surface area contributed by atoms with Gasteiger partial charge in [0.05, 0.1) is 5.56 Å². The molecule has 0 saturated heterocycles. The quantitative estimate of drug-likeness (QED) is 0.476. The van der Waals surface area contributed by atoms with Crippen LogP contribution in [0.2, 0.25) is 0 Å². The van der Waals surface area contributed by atoms with Gasteiger partial charge in [0.2, 0.25) is 0 Å². The van der Waals surface area contributed by atoms with Crippen LogP contribution < -0.4 is 11.1 Å². The van der Waals surface area contributed by atoms with Gasteiger partial charge in [0.15, 0.2) is 5.96 Å². The minimum atomic E-state index is -4.36. The minimum Gasteiger partial charge on any atom is -0.370 e. The molecule has 0 radical (unpaired) electrons. The second kappa shape index (κ2) is 6.53. The number of hydrogen-bond donors (Lipinski definition) is 2. The van der Waals surface area contributed by atoms with Crippen molar-refractivity contribution in [2.45, 2.75) is 32.5 Å². The lowest BCUT2D eigenvalue weighted by Crippen LogP contribution is -2.45. The highest BCUT2D eigenvalue weighted by Gasteiger charge is 2.30. The number of alkyl halides is 3. The van der Waals surface area contributed by atoms with E-state index in [0.29, 0.717) is 5.56 Å². The number of nitrogens with two attached hydrogens (primary N) is 1. The maximum Gasteiger partial charge on any atom is 0.416 e. The smallest absolute Gasteiger partial charge is 0.370 e. The molecule has 6 heteroatoms. The summed E-state index contributed by atoms with van der Waals surface area (Å²) in [5.74, 6) is 5.56. The molecule has 0 aliphatic carbocycles. The summed E-state index contributed by atoms with van der Waals surface area (Å²) in [6.07, 6.45) is -4.36. The molecule has 0 aliphatic heterocycles. The molecular weight excluding hydrogens is 279 g/mol. The molecule has 0 saturated carbocycles. The summed E-state index contributed by atoms with van der Waals surface area (Å²) in [6, 6.07) is 4.86. The Labute approximate surface area is 122 Å². The van der Waals surface area contributed by atoms with Crippen LogP contribution in [0, 0.1) is 11.8 Å². The number of rotatable bonds is 1. The van der Waals surface area contributed by atoms with Gasteiger partial charge in [0.25, 0.3) is 0 Å². The second-order valence-corrected chi connectivity index (χ2v) is 5.46. The van der Waals surface area contributed by atoms with Crippen LogP contribution >= 0.6 is 0 Å². The number of aliphatic imine (C=N–C) groups is 1. The highest BCUT2D eigenvalue weighted by Crippen LogP contribution is 2.29. The van der Waals surface area contributed by atoms with E-state index >= 15 is 0 Å². The van der Waals surface area contributed by atoms with Crippen molar-refractivity contribution in [1.82, 2.24) is 5.32 Å². The molecule has 1 aromatic carbocycles. The van der Waals surface area contributed by atoms with Crippen molar-refractivity contribution >= 4 is 5.96 Å². The normalized spacial score (nSPS) is 12.6. The van der Waals surface area contributed by atoms with Crippen LogP contribution in [-0.2, 0) is 6.18 Å².